The van der Waals surface area contributed by atoms with Gasteiger partial charge >= 0.3 is 6.03 Å². The van der Waals surface area contributed by atoms with Gasteiger partial charge in [0.05, 0.1) is 12.5 Å². The van der Waals surface area contributed by atoms with Crippen molar-refractivity contribution in [1.82, 2.24) is 30.8 Å². The van der Waals surface area contributed by atoms with Crippen molar-refractivity contribution in [2.75, 3.05) is 18.9 Å². The van der Waals surface area contributed by atoms with Crippen LogP contribution in [-0.4, -0.2) is 53.0 Å². The average molecular weight is 400 g/mol. The minimum Gasteiger partial charge on any atom is -0.348 e. The van der Waals surface area contributed by atoms with Crippen LogP contribution < -0.4 is 21.3 Å². The van der Waals surface area contributed by atoms with Crippen molar-refractivity contribution in [1.29, 1.82) is 0 Å². The lowest BCUT2D eigenvalue weighted by Gasteiger charge is -2.43. The number of aryl methyl sites for hydroxylation is 3. The minimum absolute atomic E-state index is 0.194. The summed E-state index contributed by atoms with van der Waals surface area (Å²) >= 11 is 0. The highest BCUT2D eigenvalue weighted by Crippen LogP contribution is 2.15. The minimum atomic E-state index is -0.240. The second-order valence-electron chi connectivity index (χ2n) is 7.92. The van der Waals surface area contributed by atoms with Gasteiger partial charge in [0.25, 0.3) is 0 Å². The molecule has 1 saturated heterocycles. The summed E-state index contributed by atoms with van der Waals surface area (Å²) in [6.45, 7) is 7.15. The second-order valence-corrected chi connectivity index (χ2v) is 7.92. The summed E-state index contributed by atoms with van der Waals surface area (Å²) in [5.74, 6) is 0. The molecule has 0 spiro atoms. The Morgan fingerprint density at radius 1 is 1.31 bits per heavy atom. The number of carbonyl (C=O) groups is 1. The molecule has 1 aliphatic heterocycles. The number of rotatable bonds is 7. The van der Waals surface area contributed by atoms with Crippen LogP contribution in [0.25, 0.3) is 0 Å². The van der Waals surface area contributed by atoms with E-state index in [2.05, 4.69) is 50.0 Å². The number of aromatic amines is 1. The van der Waals surface area contributed by atoms with Crippen molar-refractivity contribution >= 4 is 11.7 Å². The van der Waals surface area contributed by atoms with Crippen LogP contribution in [-0.2, 0) is 6.42 Å². The Morgan fingerprint density at radius 2 is 2.14 bits per heavy atom. The number of hydrogen-bond acceptors (Lipinski definition) is 5. The Labute approximate surface area is 172 Å². The third-order valence-electron chi connectivity index (χ3n) is 5.51. The number of benzene rings is 1. The van der Waals surface area contributed by atoms with Gasteiger partial charge in [0.2, 0.25) is 0 Å². The summed E-state index contributed by atoms with van der Waals surface area (Å²) in [4.78, 5) is 21.8. The maximum atomic E-state index is 12.5. The largest absolute Gasteiger partial charge is 0.348 e. The molecule has 2 aromatic rings. The van der Waals surface area contributed by atoms with Crippen molar-refractivity contribution in [2.24, 2.45) is 0 Å². The van der Waals surface area contributed by atoms with Crippen molar-refractivity contribution in [3.63, 3.8) is 0 Å². The summed E-state index contributed by atoms with van der Waals surface area (Å²) in [7, 11) is 2.02. The number of anilines is 1. The van der Waals surface area contributed by atoms with Gasteiger partial charge in [-0.05, 0) is 76.9 Å². The summed E-state index contributed by atoms with van der Waals surface area (Å²) in [6.07, 6.45) is 6.50. The fourth-order valence-electron chi connectivity index (χ4n) is 3.59. The summed E-state index contributed by atoms with van der Waals surface area (Å²) in [5.41, 5.74) is 4.32. The molecule has 2 amide bonds. The normalized spacial score (nSPS) is 22.4. The maximum Gasteiger partial charge on any atom is 0.321 e. The molecule has 0 radical (unpaired) electrons. The van der Waals surface area contributed by atoms with Crippen LogP contribution in [0.3, 0.4) is 0 Å². The first-order chi connectivity index (χ1) is 13.9. The Bertz CT molecular complexity index is 792. The number of amides is 2. The number of urea groups is 1. The van der Waals surface area contributed by atoms with E-state index in [0.29, 0.717) is 6.04 Å². The number of aromatic nitrogens is 2. The van der Waals surface area contributed by atoms with Gasteiger partial charge in [-0.2, -0.15) is 0 Å². The first-order valence-electron chi connectivity index (χ1n) is 10.3. The lowest BCUT2D eigenvalue weighted by molar-refractivity contribution is 0.0447. The highest BCUT2D eigenvalue weighted by Gasteiger charge is 2.31. The van der Waals surface area contributed by atoms with Crippen LogP contribution in [0.5, 0.6) is 0 Å². The number of H-pyrrole nitrogens is 1. The van der Waals surface area contributed by atoms with E-state index in [1.165, 1.54) is 5.56 Å². The summed E-state index contributed by atoms with van der Waals surface area (Å²) in [6, 6.07) is 6.00. The third kappa shape index (κ3) is 6.03. The quantitative estimate of drug-likeness (QED) is 0.460. The van der Waals surface area contributed by atoms with Crippen LogP contribution >= 0.6 is 0 Å². The van der Waals surface area contributed by atoms with Gasteiger partial charge in [-0.1, -0.05) is 6.07 Å². The van der Waals surface area contributed by atoms with Gasteiger partial charge < -0.3 is 20.9 Å². The zero-order chi connectivity index (χ0) is 20.8. The molecule has 1 aliphatic rings. The zero-order valence-corrected chi connectivity index (χ0v) is 17.7. The Balaban J connectivity index is 1.48. The fraction of sp³-hybridized carbons (Fsp3) is 0.524. The van der Waals surface area contributed by atoms with Crippen molar-refractivity contribution < 1.29 is 4.79 Å². The molecule has 29 heavy (non-hydrogen) atoms. The van der Waals surface area contributed by atoms with Crippen LogP contribution in [0, 0.1) is 13.8 Å². The van der Waals surface area contributed by atoms with E-state index in [0.717, 1.165) is 42.8 Å². The Morgan fingerprint density at radius 3 is 2.86 bits per heavy atom. The first kappa shape index (κ1) is 21.3. The fourth-order valence-corrected chi connectivity index (χ4v) is 3.59. The molecule has 0 bridgehead atoms. The predicted molar refractivity (Wildman–Crippen MR) is 116 cm³/mol. The molecule has 8 heteroatoms. The van der Waals surface area contributed by atoms with E-state index in [9.17, 15) is 4.79 Å². The standard InChI is InChI=1S/C21H33N7O/c1-14-7-8-17(10-15(14)2)26-21(29)27-20-25-16(3)11-19(28(20)4)23-9-5-6-18-12-22-13-24-18/h7-8,10,12-13,16,19-20,23,25H,5-6,9,11H2,1-4H3,(H,22,24)(H2,26,27,29). The number of imidazole rings is 1. The second kappa shape index (κ2) is 9.87. The number of nitrogens with zero attached hydrogens (tertiary/aromatic N) is 2. The summed E-state index contributed by atoms with van der Waals surface area (Å²) in [5, 5.41) is 13.0. The highest BCUT2D eigenvalue weighted by molar-refractivity contribution is 5.89. The molecule has 1 aromatic carbocycles. The lowest BCUT2D eigenvalue weighted by Crippen LogP contribution is -2.68. The topological polar surface area (TPSA) is 97.1 Å². The molecule has 1 aromatic heterocycles. The van der Waals surface area contributed by atoms with E-state index < -0.39 is 0 Å². The van der Waals surface area contributed by atoms with Gasteiger partial charge in [0, 0.05) is 23.6 Å². The van der Waals surface area contributed by atoms with Gasteiger partial charge in [0.1, 0.15) is 6.29 Å². The van der Waals surface area contributed by atoms with E-state index in [4.69, 9.17) is 0 Å². The van der Waals surface area contributed by atoms with Gasteiger partial charge in [-0.15, -0.1) is 0 Å². The highest BCUT2D eigenvalue weighted by atomic mass is 16.2. The predicted octanol–water partition coefficient (Wildman–Crippen LogP) is 2.29. The van der Waals surface area contributed by atoms with E-state index in [-0.39, 0.29) is 18.5 Å². The van der Waals surface area contributed by atoms with Crippen LogP contribution in [0.15, 0.2) is 30.7 Å². The Kier molecular flexibility index (Phi) is 7.24. The van der Waals surface area contributed by atoms with Crippen molar-refractivity contribution in [3.8, 4) is 0 Å². The van der Waals surface area contributed by atoms with E-state index in [1.54, 1.807) is 6.33 Å². The Hall–Kier alpha value is -2.42. The van der Waals surface area contributed by atoms with Crippen LogP contribution in [0.1, 0.15) is 36.6 Å². The van der Waals surface area contributed by atoms with Crippen LogP contribution in [0.2, 0.25) is 0 Å². The molecular formula is C21H33N7O. The smallest absolute Gasteiger partial charge is 0.321 e. The van der Waals surface area contributed by atoms with Gasteiger partial charge in [0.15, 0.2) is 0 Å². The summed E-state index contributed by atoms with van der Waals surface area (Å²) < 4.78 is 0. The van der Waals surface area contributed by atoms with Gasteiger partial charge in [-0.3, -0.25) is 10.2 Å². The van der Waals surface area contributed by atoms with E-state index in [1.807, 2.05) is 38.4 Å². The molecule has 1 fully saturated rings. The molecule has 0 aliphatic carbocycles. The molecule has 8 nitrogen and oxygen atoms in total. The third-order valence-corrected chi connectivity index (χ3v) is 5.51. The van der Waals surface area contributed by atoms with E-state index >= 15 is 0 Å². The maximum absolute atomic E-state index is 12.5. The molecule has 5 N–H and O–H groups in total. The number of hydrogen-bond donors (Lipinski definition) is 5. The average Bonchev–Trinajstić information content (AvgIpc) is 3.18. The molecule has 158 valence electrons. The molecule has 2 heterocycles. The van der Waals surface area contributed by atoms with Crippen LogP contribution in [0.4, 0.5) is 10.5 Å². The SMILES string of the molecule is Cc1ccc(NC(=O)NC2NC(C)CC(NCCCc3cnc[nH]3)N2C)cc1C. The number of nitrogens with one attached hydrogen (secondary N) is 5. The lowest BCUT2D eigenvalue weighted by atomic mass is 10.1. The molecule has 3 unspecified atom stereocenters. The zero-order valence-electron chi connectivity index (χ0n) is 17.7. The molecular weight excluding hydrogens is 366 g/mol. The molecule has 0 saturated carbocycles. The monoisotopic (exact) mass is 399 g/mol. The van der Waals surface area contributed by atoms with Crippen molar-refractivity contribution in [2.45, 2.75) is 58.5 Å². The first-order valence-corrected chi connectivity index (χ1v) is 10.3. The molecule has 3 atom stereocenters. The number of carbonyl (C=O) groups excluding carboxylic acids is 1. The van der Waals surface area contributed by atoms with Crippen molar-refractivity contribution in [3.05, 3.63) is 47.5 Å². The van der Waals surface area contributed by atoms with Gasteiger partial charge in [-0.25, -0.2) is 9.78 Å². The molecule has 3 rings (SSSR count).